The van der Waals surface area contributed by atoms with E-state index in [-0.39, 0.29) is 0 Å². The van der Waals surface area contributed by atoms with Gasteiger partial charge in [-0.05, 0) is 37.5 Å². The Kier molecular flexibility index (Phi) is 1.21. The Hall–Kier alpha value is -0.260. The van der Waals surface area contributed by atoms with E-state index in [4.69, 9.17) is 0 Å². The first kappa shape index (κ1) is 6.28. The molecule has 3 aliphatic carbocycles. The van der Waals surface area contributed by atoms with Crippen LogP contribution in [0.4, 0.5) is 0 Å². The zero-order valence-corrected chi connectivity index (χ0v) is 7.10. The van der Waals surface area contributed by atoms with Gasteiger partial charge in [0, 0.05) is 0 Å². The molecule has 0 aromatic carbocycles. The summed E-state index contributed by atoms with van der Waals surface area (Å²) >= 11 is 0. The van der Waals surface area contributed by atoms with Gasteiger partial charge in [-0.25, -0.2) is 0 Å². The van der Waals surface area contributed by atoms with E-state index in [1.807, 2.05) is 11.1 Å². The van der Waals surface area contributed by atoms with Gasteiger partial charge in [0.1, 0.15) is 0 Å². The molecule has 0 saturated heterocycles. The average molecular weight is 148 g/mol. The van der Waals surface area contributed by atoms with Gasteiger partial charge in [0.05, 0.1) is 0 Å². The summed E-state index contributed by atoms with van der Waals surface area (Å²) in [5.74, 6) is 2.16. The van der Waals surface area contributed by atoms with Crippen LogP contribution >= 0.6 is 0 Å². The summed E-state index contributed by atoms with van der Waals surface area (Å²) in [5.41, 5.74) is 3.76. The van der Waals surface area contributed by atoms with Gasteiger partial charge in [-0.3, -0.25) is 0 Å². The molecule has 3 rings (SSSR count). The van der Waals surface area contributed by atoms with E-state index in [9.17, 15) is 0 Å². The number of hydrogen-bond donors (Lipinski definition) is 0. The third-order valence-electron chi connectivity index (χ3n) is 3.79. The van der Waals surface area contributed by atoms with Crippen molar-refractivity contribution in [1.29, 1.82) is 0 Å². The molecule has 0 amide bonds. The van der Waals surface area contributed by atoms with Crippen LogP contribution in [0.3, 0.4) is 0 Å². The van der Waals surface area contributed by atoms with E-state index in [0.717, 1.165) is 11.8 Å². The van der Waals surface area contributed by atoms with Crippen molar-refractivity contribution in [1.82, 2.24) is 0 Å². The van der Waals surface area contributed by atoms with E-state index in [2.05, 4.69) is 0 Å². The van der Waals surface area contributed by atoms with Gasteiger partial charge in [0.15, 0.2) is 0 Å². The minimum Gasteiger partial charge on any atom is -0.0661 e. The highest BCUT2D eigenvalue weighted by Gasteiger charge is 2.37. The van der Waals surface area contributed by atoms with Gasteiger partial charge in [0.2, 0.25) is 0 Å². The molecule has 0 aromatic rings. The Morgan fingerprint density at radius 2 is 2.00 bits per heavy atom. The van der Waals surface area contributed by atoms with Crippen molar-refractivity contribution in [3.05, 3.63) is 11.1 Å². The van der Waals surface area contributed by atoms with Gasteiger partial charge >= 0.3 is 0 Å². The normalized spacial score (nSPS) is 41.5. The largest absolute Gasteiger partial charge is 0.0661 e. The predicted molar refractivity (Wildman–Crippen MR) is 46.3 cm³/mol. The summed E-state index contributed by atoms with van der Waals surface area (Å²) in [7, 11) is 0. The minimum atomic E-state index is 1.06. The maximum atomic E-state index is 1.89. The second kappa shape index (κ2) is 2.12. The van der Waals surface area contributed by atoms with Crippen LogP contribution in [-0.2, 0) is 0 Å². The van der Waals surface area contributed by atoms with Crippen LogP contribution in [0.1, 0.15) is 44.9 Å². The molecule has 0 heterocycles. The molecule has 2 atom stereocenters. The van der Waals surface area contributed by atoms with Crippen LogP contribution < -0.4 is 0 Å². The Balaban J connectivity index is 1.87. The molecule has 1 saturated carbocycles. The molecule has 0 spiro atoms. The van der Waals surface area contributed by atoms with Gasteiger partial charge < -0.3 is 0 Å². The van der Waals surface area contributed by atoms with Crippen LogP contribution in [-0.4, -0.2) is 0 Å². The molecule has 0 nitrogen and oxygen atoms in total. The van der Waals surface area contributed by atoms with Crippen LogP contribution in [0.2, 0.25) is 0 Å². The molecule has 0 aromatic heterocycles. The second-order valence-corrected chi connectivity index (χ2v) is 4.59. The van der Waals surface area contributed by atoms with Crippen LogP contribution in [0, 0.1) is 11.8 Å². The summed E-state index contributed by atoms with van der Waals surface area (Å²) in [6, 6.07) is 0. The number of fused-ring (bicyclic) bond motifs is 3. The third-order valence-corrected chi connectivity index (χ3v) is 3.79. The van der Waals surface area contributed by atoms with Gasteiger partial charge in [-0.2, -0.15) is 0 Å². The molecule has 0 aliphatic heterocycles. The van der Waals surface area contributed by atoms with Crippen molar-refractivity contribution >= 4 is 0 Å². The molecule has 60 valence electrons. The predicted octanol–water partition coefficient (Wildman–Crippen LogP) is 3.29. The van der Waals surface area contributed by atoms with Crippen LogP contribution in [0.15, 0.2) is 11.1 Å². The van der Waals surface area contributed by atoms with Crippen LogP contribution in [0.5, 0.6) is 0 Å². The molecule has 0 N–H and O–H groups in total. The zero-order valence-electron chi connectivity index (χ0n) is 7.10. The number of rotatable bonds is 0. The maximum Gasteiger partial charge on any atom is -0.00999 e. The van der Waals surface area contributed by atoms with E-state index < -0.39 is 0 Å². The standard InChI is InChI=1S/C11H16/c1-2-4-9-5-8(3-1)6-10-7-11(9)10/h8-9H,1-7H2. The molecule has 0 heteroatoms. The highest BCUT2D eigenvalue weighted by molar-refractivity contribution is 5.39. The maximum absolute atomic E-state index is 1.89. The van der Waals surface area contributed by atoms with E-state index in [0.29, 0.717) is 0 Å². The first-order valence-electron chi connectivity index (χ1n) is 5.14. The molecular weight excluding hydrogens is 132 g/mol. The third kappa shape index (κ3) is 0.953. The first-order valence-corrected chi connectivity index (χ1v) is 5.14. The molecule has 2 unspecified atom stereocenters. The lowest BCUT2D eigenvalue weighted by atomic mass is 9.86. The van der Waals surface area contributed by atoms with Gasteiger partial charge in [-0.15, -0.1) is 0 Å². The Bertz CT molecular complexity index is 212. The Labute approximate surface area is 68.7 Å². The van der Waals surface area contributed by atoms with Crippen LogP contribution in [0.25, 0.3) is 0 Å². The summed E-state index contributed by atoms with van der Waals surface area (Å²) < 4.78 is 0. The smallest absolute Gasteiger partial charge is 0.00999 e. The van der Waals surface area contributed by atoms with E-state index in [1.54, 1.807) is 6.42 Å². The topological polar surface area (TPSA) is 0 Å². The minimum absolute atomic E-state index is 1.06. The summed E-state index contributed by atoms with van der Waals surface area (Å²) in [6.45, 7) is 0. The molecule has 2 bridgehead atoms. The average Bonchev–Trinajstić information content (AvgIpc) is 2.76. The quantitative estimate of drug-likeness (QED) is 0.462. The van der Waals surface area contributed by atoms with E-state index in [1.165, 1.54) is 38.5 Å². The fraction of sp³-hybridized carbons (Fsp3) is 0.818. The summed E-state index contributed by atoms with van der Waals surface area (Å²) in [5, 5.41) is 0. The van der Waals surface area contributed by atoms with Gasteiger partial charge in [-0.1, -0.05) is 30.4 Å². The SMILES string of the molecule is C1CCC2CC(C1)CC1=C2C1. The fourth-order valence-corrected chi connectivity index (χ4v) is 3.13. The van der Waals surface area contributed by atoms with Crippen molar-refractivity contribution < 1.29 is 0 Å². The number of allylic oxidation sites excluding steroid dienone is 2. The molecule has 1 fully saturated rings. The number of hydrogen-bond acceptors (Lipinski definition) is 0. The highest BCUT2D eigenvalue weighted by Crippen LogP contribution is 2.52. The van der Waals surface area contributed by atoms with E-state index >= 15 is 0 Å². The summed E-state index contributed by atoms with van der Waals surface area (Å²) in [4.78, 5) is 0. The lowest BCUT2D eigenvalue weighted by Gasteiger charge is -2.19. The van der Waals surface area contributed by atoms with Crippen molar-refractivity contribution in [2.24, 2.45) is 11.8 Å². The highest BCUT2D eigenvalue weighted by atomic mass is 14.4. The Morgan fingerprint density at radius 1 is 1.09 bits per heavy atom. The van der Waals surface area contributed by atoms with Crippen molar-refractivity contribution in [2.45, 2.75) is 44.9 Å². The lowest BCUT2D eigenvalue weighted by Crippen LogP contribution is -2.07. The fourth-order valence-electron chi connectivity index (χ4n) is 3.13. The summed E-state index contributed by atoms with van der Waals surface area (Å²) in [6.07, 6.45) is 10.6. The second-order valence-electron chi connectivity index (χ2n) is 4.59. The molecule has 0 radical (unpaired) electrons. The lowest BCUT2D eigenvalue weighted by molar-refractivity contribution is 0.404. The van der Waals surface area contributed by atoms with Crippen molar-refractivity contribution in [3.63, 3.8) is 0 Å². The monoisotopic (exact) mass is 148 g/mol. The van der Waals surface area contributed by atoms with Crippen molar-refractivity contribution in [2.75, 3.05) is 0 Å². The Morgan fingerprint density at radius 3 is 3.00 bits per heavy atom. The van der Waals surface area contributed by atoms with Crippen molar-refractivity contribution in [3.8, 4) is 0 Å². The molecule has 3 aliphatic rings. The zero-order chi connectivity index (χ0) is 7.26. The van der Waals surface area contributed by atoms with Gasteiger partial charge in [0.25, 0.3) is 0 Å². The molecular formula is C11H16. The first-order chi connectivity index (χ1) is 5.43. The molecule has 11 heavy (non-hydrogen) atoms.